The van der Waals surface area contributed by atoms with Crippen LogP contribution in [0.1, 0.15) is 20.3 Å². The van der Waals surface area contributed by atoms with Gasteiger partial charge in [0.1, 0.15) is 0 Å². The van der Waals surface area contributed by atoms with E-state index in [1.54, 1.807) is 13.4 Å². The third-order valence-electron chi connectivity index (χ3n) is 1.64. The highest BCUT2D eigenvalue weighted by Gasteiger charge is 2.02. The highest BCUT2D eigenvalue weighted by Crippen LogP contribution is 2.12. The summed E-state index contributed by atoms with van der Waals surface area (Å²) in [6.45, 7) is 4.32. The van der Waals surface area contributed by atoms with Crippen LogP contribution in [0.3, 0.4) is 0 Å². The van der Waals surface area contributed by atoms with Gasteiger partial charge in [0.25, 0.3) is 0 Å². The fourth-order valence-corrected chi connectivity index (χ4v) is 0.723. The summed E-state index contributed by atoms with van der Waals surface area (Å²) in [6.07, 6.45) is 2.53. The molecular formula is C8H16O2. The third kappa shape index (κ3) is 3.51. The lowest BCUT2D eigenvalue weighted by Gasteiger charge is -2.08. The predicted molar refractivity (Wildman–Crippen MR) is 41.6 cm³/mol. The molecule has 2 heteroatoms. The second-order valence-electron chi connectivity index (χ2n) is 2.51. The van der Waals surface area contributed by atoms with E-state index in [1.807, 2.05) is 6.92 Å². The smallest absolute Gasteiger partial charge is 0.0816 e. The predicted octanol–water partition coefficient (Wildman–Crippen LogP) is 1.56. The van der Waals surface area contributed by atoms with Crippen LogP contribution in [0.5, 0.6) is 0 Å². The average molecular weight is 144 g/mol. The zero-order valence-electron chi connectivity index (χ0n) is 6.92. The number of methoxy groups -OCH3 is 1. The third-order valence-corrected chi connectivity index (χ3v) is 1.64. The van der Waals surface area contributed by atoms with Gasteiger partial charge in [-0.3, -0.25) is 0 Å². The number of ether oxygens (including phenoxy) is 1. The van der Waals surface area contributed by atoms with Crippen LogP contribution in [0.4, 0.5) is 0 Å². The van der Waals surface area contributed by atoms with Crippen LogP contribution in [-0.4, -0.2) is 18.8 Å². The van der Waals surface area contributed by atoms with E-state index >= 15 is 0 Å². The van der Waals surface area contributed by atoms with Crippen molar-refractivity contribution in [3.63, 3.8) is 0 Å². The van der Waals surface area contributed by atoms with Crippen molar-refractivity contribution in [2.45, 2.75) is 20.3 Å². The fraction of sp³-hybridized carbons (Fsp3) is 0.750. The summed E-state index contributed by atoms with van der Waals surface area (Å²) < 4.78 is 4.83. The van der Waals surface area contributed by atoms with Gasteiger partial charge in [-0.25, -0.2) is 0 Å². The second-order valence-corrected chi connectivity index (χ2v) is 2.51. The lowest BCUT2D eigenvalue weighted by molar-refractivity contribution is 0.267. The van der Waals surface area contributed by atoms with E-state index in [4.69, 9.17) is 9.84 Å². The molecule has 0 spiro atoms. The van der Waals surface area contributed by atoms with E-state index in [0.29, 0.717) is 5.92 Å². The molecule has 0 aliphatic carbocycles. The van der Waals surface area contributed by atoms with Gasteiger partial charge in [-0.1, -0.05) is 6.92 Å². The van der Waals surface area contributed by atoms with E-state index in [-0.39, 0.29) is 6.61 Å². The molecule has 0 saturated carbocycles. The molecular weight excluding hydrogens is 128 g/mol. The second kappa shape index (κ2) is 5.30. The zero-order valence-corrected chi connectivity index (χ0v) is 6.92. The minimum absolute atomic E-state index is 0.246. The van der Waals surface area contributed by atoms with Crippen LogP contribution in [-0.2, 0) is 4.74 Å². The lowest BCUT2D eigenvalue weighted by Crippen LogP contribution is -1.99. The molecule has 0 aromatic heterocycles. The fourth-order valence-electron chi connectivity index (χ4n) is 0.723. The summed E-state index contributed by atoms with van der Waals surface area (Å²) in [7, 11) is 1.63. The standard InChI is InChI=1S/C8H16O2/c1-7(4-5-9)8(2)6-10-3/h6-7,9H,4-5H2,1-3H3/b8-6-. The average Bonchev–Trinajstić information content (AvgIpc) is 1.89. The molecule has 0 saturated heterocycles. The first kappa shape index (κ1) is 9.50. The number of hydrogen-bond acceptors (Lipinski definition) is 2. The summed E-state index contributed by atoms with van der Waals surface area (Å²) in [5.41, 5.74) is 1.18. The van der Waals surface area contributed by atoms with E-state index in [2.05, 4.69) is 6.92 Å². The van der Waals surface area contributed by atoms with Crippen molar-refractivity contribution in [3.05, 3.63) is 11.8 Å². The van der Waals surface area contributed by atoms with Crippen LogP contribution < -0.4 is 0 Å². The summed E-state index contributed by atoms with van der Waals surface area (Å²) in [5.74, 6) is 0.421. The Morgan fingerprint density at radius 3 is 2.70 bits per heavy atom. The first-order chi connectivity index (χ1) is 4.72. The summed E-state index contributed by atoms with van der Waals surface area (Å²) in [6, 6.07) is 0. The van der Waals surface area contributed by atoms with E-state index in [1.165, 1.54) is 5.57 Å². The maximum Gasteiger partial charge on any atom is 0.0816 e. The largest absolute Gasteiger partial charge is 0.504 e. The Balaban J connectivity index is 3.69. The molecule has 10 heavy (non-hydrogen) atoms. The van der Waals surface area contributed by atoms with Gasteiger partial charge in [0.15, 0.2) is 0 Å². The topological polar surface area (TPSA) is 29.5 Å². The molecule has 0 rings (SSSR count). The van der Waals surface area contributed by atoms with E-state index in [9.17, 15) is 0 Å². The van der Waals surface area contributed by atoms with Crippen LogP contribution in [0, 0.1) is 5.92 Å². The molecule has 0 aliphatic rings. The highest BCUT2D eigenvalue weighted by atomic mass is 16.5. The minimum Gasteiger partial charge on any atom is -0.504 e. The van der Waals surface area contributed by atoms with Gasteiger partial charge in [0.05, 0.1) is 13.4 Å². The Morgan fingerprint density at radius 2 is 2.30 bits per heavy atom. The molecule has 0 amide bonds. The van der Waals surface area contributed by atoms with Crippen molar-refractivity contribution in [1.82, 2.24) is 0 Å². The Labute approximate surface area is 62.5 Å². The van der Waals surface area contributed by atoms with E-state index in [0.717, 1.165) is 6.42 Å². The number of hydrogen-bond donors (Lipinski definition) is 1. The van der Waals surface area contributed by atoms with Crippen LogP contribution in [0.25, 0.3) is 0 Å². The Kier molecular flexibility index (Phi) is 5.03. The zero-order chi connectivity index (χ0) is 7.98. The lowest BCUT2D eigenvalue weighted by atomic mass is 10.0. The Hall–Kier alpha value is -0.500. The molecule has 1 N–H and O–H groups in total. The van der Waals surface area contributed by atoms with Gasteiger partial charge in [-0.05, 0) is 24.8 Å². The van der Waals surface area contributed by atoms with Crippen molar-refractivity contribution in [2.75, 3.05) is 13.7 Å². The van der Waals surface area contributed by atoms with Crippen molar-refractivity contribution < 1.29 is 9.84 Å². The van der Waals surface area contributed by atoms with Crippen molar-refractivity contribution >= 4 is 0 Å². The number of aliphatic hydroxyl groups excluding tert-OH is 1. The van der Waals surface area contributed by atoms with Crippen LogP contribution in [0.2, 0.25) is 0 Å². The SMILES string of the molecule is CO/C=C(/C)C(C)CCO. The monoisotopic (exact) mass is 144 g/mol. The van der Waals surface area contributed by atoms with Crippen molar-refractivity contribution in [3.8, 4) is 0 Å². The molecule has 0 aromatic rings. The maximum absolute atomic E-state index is 8.59. The maximum atomic E-state index is 8.59. The molecule has 0 bridgehead atoms. The molecule has 1 unspecified atom stereocenters. The number of allylic oxidation sites excluding steroid dienone is 1. The van der Waals surface area contributed by atoms with Gasteiger partial charge in [-0.15, -0.1) is 0 Å². The summed E-state index contributed by atoms with van der Waals surface area (Å²) in [4.78, 5) is 0. The van der Waals surface area contributed by atoms with Crippen molar-refractivity contribution in [1.29, 1.82) is 0 Å². The summed E-state index contributed by atoms with van der Waals surface area (Å²) >= 11 is 0. The van der Waals surface area contributed by atoms with Crippen LogP contribution in [0.15, 0.2) is 11.8 Å². The molecule has 0 fully saturated rings. The molecule has 2 nitrogen and oxygen atoms in total. The number of rotatable bonds is 4. The van der Waals surface area contributed by atoms with Gasteiger partial charge < -0.3 is 9.84 Å². The quantitative estimate of drug-likeness (QED) is 0.607. The molecule has 1 atom stereocenters. The highest BCUT2D eigenvalue weighted by molar-refractivity contribution is 4.97. The molecule has 0 radical (unpaired) electrons. The van der Waals surface area contributed by atoms with Crippen LogP contribution >= 0.6 is 0 Å². The molecule has 60 valence electrons. The molecule has 0 aliphatic heterocycles. The Morgan fingerprint density at radius 1 is 1.70 bits per heavy atom. The normalized spacial score (nSPS) is 15.0. The van der Waals surface area contributed by atoms with Gasteiger partial charge in [0.2, 0.25) is 0 Å². The Bertz CT molecular complexity index is 108. The van der Waals surface area contributed by atoms with E-state index < -0.39 is 0 Å². The van der Waals surface area contributed by atoms with Gasteiger partial charge in [-0.2, -0.15) is 0 Å². The number of aliphatic hydroxyl groups is 1. The molecule has 0 heterocycles. The first-order valence-corrected chi connectivity index (χ1v) is 3.52. The minimum atomic E-state index is 0.246. The summed E-state index contributed by atoms with van der Waals surface area (Å²) in [5, 5.41) is 8.59. The van der Waals surface area contributed by atoms with Gasteiger partial charge in [0, 0.05) is 6.61 Å². The first-order valence-electron chi connectivity index (χ1n) is 3.52. The van der Waals surface area contributed by atoms with Crippen molar-refractivity contribution in [2.24, 2.45) is 5.92 Å². The van der Waals surface area contributed by atoms with Gasteiger partial charge >= 0.3 is 0 Å². The molecule has 0 aromatic carbocycles.